The van der Waals surface area contributed by atoms with Crippen molar-refractivity contribution in [2.45, 2.75) is 9.79 Å². The molecule has 12 nitrogen and oxygen atoms in total. The number of pyridine rings is 1. The van der Waals surface area contributed by atoms with E-state index in [-0.39, 0.29) is 42.6 Å². The lowest BCUT2D eigenvalue weighted by molar-refractivity contribution is 0.0955. The highest BCUT2D eigenvalue weighted by molar-refractivity contribution is 7.97. The third-order valence-corrected chi connectivity index (χ3v) is 6.36. The minimum absolute atomic E-state index is 0.00278. The Morgan fingerprint density at radius 3 is 2.61 bits per heavy atom. The number of hydrazone groups is 1. The predicted octanol–water partition coefficient (Wildman–Crippen LogP) is -1.86. The molecule has 1 amide bonds. The summed E-state index contributed by atoms with van der Waals surface area (Å²) in [7, 11) is -1.41. The topological polar surface area (TPSA) is 240 Å². The Morgan fingerprint density at radius 1 is 1.26 bits per heavy atom. The summed E-state index contributed by atoms with van der Waals surface area (Å²) in [4.78, 5) is 17.4. The van der Waals surface area contributed by atoms with E-state index in [1.54, 1.807) is 18.2 Å². The Labute approximate surface area is 186 Å². The Morgan fingerprint density at radius 2 is 2.00 bits per heavy atom. The maximum absolute atomic E-state index is 12.6. The van der Waals surface area contributed by atoms with E-state index in [0.29, 0.717) is 26.5 Å². The lowest BCUT2D eigenvalue weighted by atomic mass is 9.98. The molecule has 14 heteroatoms. The first kappa shape index (κ1) is 24.5. The van der Waals surface area contributed by atoms with Gasteiger partial charge in [-0.05, 0) is 29.6 Å². The third-order valence-electron chi connectivity index (χ3n) is 4.13. The van der Waals surface area contributed by atoms with Gasteiger partial charge in [0.1, 0.15) is 5.82 Å². The second kappa shape index (κ2) is 11.6. The molecule has 0 aliphatic rings. The Kier molecular flexibility index (Phi) is 9.17. The molecule has 168 valence electrons. The van der Waals surface area contributed by atoms with Crippen molar-refractivity contribution >= 4 is 40.3 Å². The van der Waals surface area contributed by atoms with Crippen LogP contribution in [0.15, 0.2) is 39.3 Å². The molecule has 1 aromatic heterocycles. The van der Waals surface area contributed by atoms with Crippen molar-refractivity contribution < 1.29 is 9.00 Å². The van der Waals surface area contributed by atoms with E-state index in [1.807, 2.05) is 0 Å². The van der Waals surface area contributed by atoms with Gasteiger partial charge >= 0.3 is 0 Å². The van der Waals surface area contributed by atoms with Gasteiger partial charge in [0.15, 0.2) is 5.84 Å². The molecule has 0 spiro atoms. The number of benzene rings is 1. The van der Waals surface area contributed by atoms with Gasteiger partial charge in [-0.2, -0.15) is 0 Å². The van der Waals surface area contributed by atoms with Crippen LogP contribution in [0.25, 0.3) is 11.1 Å². The van der Waals surface area contributed by atoms with Crippen LogP contribution in [0.2, 0.25) is 0 Å². The van der Waals surface area contributed by atoms with E-state index < -0.39 is 16.7 Å². The Balaban J connectivity index is 2.72. The number of hydrogen-bond acceptors (Lipinski definition) is 11. The van der Waals surface area contributed by atoms with Crippen LogP contribution in [0.5, 0.6) is 0 Å². The molecular formula is C17H26N10O2S2. The Hall–Kier alpha value is -2.75. The second-order valence-electron chi connectivity index (χ2n) is 6.10. The molecule has 2 aromatic rings. The molecule has 1 aromatic carbocycles. The molecule has 0 aliphatic heterocycles. The smallest absolute Gasteiger partial charge is 0.255 e. The maximum Gasteiger partial charge on any atom is 0.255 e. The van der Waals surface area contributed by atoms with Crippen LogP contribution in [0.1, 0.15) is 15.9 Å². The molecule has 0 fully saturated rings. The number of anilines is 1. The summed E-state index contributed by atoms with van der Waals surface area (Å²) in [5.74, 6) is 5.18. The predicted molar refractivity (Wildman–Crippen MR) is 124 cm³/mol. The number of carbonyl (C=O) groups excluding carboxylic acids is 1. The number of amidine groups is 1. The molecule has 1 heterocycles. The van der Waals surface area contributed by atoms with E-state index in [2.05, 4.69) is 20.9 Å². The maximum atomic E-state index is 12.6. The quantitative estimate of drug-likeness (QED) is 0.0634. The van der Waals surface area contributed by atoms with Crippen LogP contribution in [-0.4, -0.2) is 46.3 Å². The summed E-state index contributed by atoms with van der Waals surface area (Å²) in [6.07, 6.45) is 1.48. The standard InChI is InChI=1S/C17H26N10O2S2/c18-3-5-24-17(28)11-7-9(8-25-15(11)20)10-1-2-12(31(29)6-4-19)14(30-23)13(10)16(21)26-27-22/h1-2,7-8,27H,3-6,18-19,22-23H2,(H2,20,25)(H2,21,26)(H,24,28). The van der Waals surface area contributed by atoms with Gasteiger partial charge in [-0.15, -0.1) is 5.10 Å². The van der Waals surface area contributed by atoms with Crippen molar-refractivity contribution in [1.82, 2.24) is 15.8 Å². The Bertz CT molecular complexity index is 999. The fourth-order valence-electron chi connectivity index (χ4n) is 2.78. The van der Waals surface area contributed by atoms with Crippen LogP contribution in [0, 0.1) is 0 Å². The van der Waals surface area contributed by atoms with Gasteiger partial charge in [0.05, 0.1) is 26.2 Å². The summed E-state index contributed by atoms with van der Waals surface area (Å²) < 4.78 is 12.6. The third kappa shape index (κ3) is 5.69. The summed E-state index contributed by atoms with van der Waals surface area (Å²) in [5.41, 5.74) is 26.7. The zero-order valence-corrected chi connectivity index (χ0v) is 18.3. The number of aromatic nitrogens is 1. The number of carbonyl (C=O) groups is 1. The number of hydrazine groups is 1. The highest BCUT2D eigenvalue weighted by atomic mass is 32.2. The molecule has 0 saturated heterocycles. The number of rotatable bonds is 10. The van der Waals surface area contributed by atoms with Gasteiger partial charge in [0.2, 0.25) is 0 Å². The molecule has 0 bridgehead atoms. The minimum atomic E-state index is -1.41. The van der Waals surface area contributed by atoms with Crippen LogP contribution >= 0.6 is 11.9 Å². The molecule has 2 rings (SSSR count). The van der Waals surface area contributed by atoms with Crippen molar-refractivity contribution in [2.24, 2.45) is 33.3 Å². The molecule has 0 radical (unpaired) electrons. The van der Waals surface area contributed by atoms with Crippen molar-refractivity contribution in [2.75, 3.05) is 31.1 Å². The molecule has 31 heavy (non-hydrogen) atoms. The average Bonchev–Trinajstić information content (AvgIpc) is 2.77. The summed E-state index contributed by atoms with van der Waals surface area (Å²) in [6, 6.07) is 4.91. The van der Waals surface area contributed by atoms with Crippen molar-refractivity contribution in [3.63, 3.8) is 0 Å². The van der Waals surface area contributed by atoms with Gasteiger partial charge < -0.3 is 28.3 Å². The zero-order chi connectivity index (χ0) is 23.0. The molecule has 1 unspecified atom stereocenters. The molecule has 14 N–H and O–H groups in total. The van der Waals surface area contributed by atoms with E-state index in [9.17, 15) is 9.00 Å². The highest BCUT2D eigenvalue weighted by Gasteiger charge is 2.22. The minimum Gasteiger partial charge on any atom is -0.383 e. The summed E-state index contributed by atoms with van der Waals surface area (Å²) in [5, 5.41) is 12.4. The van der Waals surface area contributed by atoms with Gasteiger partial charge in [0, 0.05) is 42.7 Å². The van der Waals surface area contributed by atoms with Crippen molar-refractivity contribution in [1.29, 1.82) is 0 Å². The number of nitrogens with two attached hydrogens (primary N) is 6. The molecule has 0 saturated carbocycles. The van der Waals surface area contributed by atoms with Crippen LogP contribution in [0.4, 0.5) is 5.82 Å². The number of amides is 1. The SMILES string of the molecule is NCCNC(=O)c1cc(-c2ccc(S(=O)CCN)c(SN)c2/C(N)=N/NN)cnc1N. The second-order valence-corrected chi connectivity index (χ2v) is 8.28. The molecular weight excluding hydrogens is 440 g/mol. The van der Waals surface area contributed by atoms with Gasteiger partial charge in [-0.3, -0.25) is 14.1 Å². The van der Waals surface area contributed by atoms with Crippen molar-refractivity contribution in [3.05, 3.63) is 35.5 Å². The fraction of sp³-hybridized carbons (Fsp3) is 0.235. The fourth-order valence-corrected chi connectivity index (χ4v) is 4.68. The van der Waals surface area contributed by atoms with Crippen LogP contribution < -0.4 is 44.8 Å². The number of nitrogens with zero attached hydrogens (tertiary/aromatic N) is 2. The number of nitrogens with one attached hydrogen (secondary N) is 2. The summed E-state index contributed by atoms with van der Waals surface area (Å²) >= 11 is 0.862. The normalized spacial score (nSPS) is 12.5. The first-order valence-corrected chi connectivity index (χ1v) is 11.2. The van der Waals surface area contributed by atoms with Gasteiger partial charge in [-0.1, -0.05) is 6.07 Å². The highest BCUT2D eigenvalue weighted by Crippen LogP contribution is 2.35. The first-order chi connectivity index (χ1) is 14.9. The van der Waals surface area contributed by atoms with Gasteiger partial charge in [0.25, 0.3) is 5.91 Å². The number of nitrogen functional groups attached to an aromatic ring is 1. The summed E-state index contributed by atoms with van der Waals surface area (Å²) in [6.45, 7) is 0.793. The first-order valence-electron chi connectivity index (χ1n) is 9.05. The van der Waals surface area contributed by atoms with Crippen LogP contribution in [0.3, 0.4) is 0 Å². The molecule has 1 atom stereocenters. The monoisotopic (exact) mass is 466 g/mol. The van der Waals surface area contributed by atoms with Crippen LogP contribution in [-0.2, 0) is 10.8 Å². The molecule has 0 aliphatic carbocycles. The van der Waals surface area contributed by atoms with E-state index in [0.717, 1.165) is 11.9 Å². The van der Waals surface area contributed by atoms with E-state index in [1.165, 1.54) is 6.20 Å². The lowest BCUT2D eigenvalue weighted by Crippen LogP contribution is -2.29. The van der Waals surface area contributed by atoms with Gasteiger partial charge in [-0.25, -0.2) is 16.4 Å². The van der Waals surface area contributed by atoms with E-state index >= 15 is 0 Å². The average molecular weight is 467 g/mol. The largest absolute Gasteiger partial charge is 0.383 e. The zero-order valence-electron chi connectivity index (χ0n) is 16.6. The lowest BCUT2D eigenvalue weighted by Gasteiger charge is -2.17. The number of hydrogen-bond donors (Lipinski definition) is 8. The van der Waals surface area contributed by atoms with E-state index in [4.69, 9.17) is 33.9 Å². The van der Waals surface area contributed by atoms with Crippen molar-refractivity contribution in [3.8, 4) is 11.1 Å².